The van der Waals surface area contributed by atoms with E-state index in [0.717, 1.165) is 26.2 Å². The molecule has 1 aromatic carbocycles. The van der Waals surface area contributed by atoms with E-state index in [1.807, 2.05) is 0 Å². The van der Waals surface area contributed by atoms with Crippen molar-refractivity contribution in [3.05, 3.63) is 35.4 Å². The van der Waals surface area contributed by atoms with E-state index in [4.69, 9.17) is 4.74 Å². The van der Waals surface area contributed by atoms with Crippen LogP contribution in [0.5, 0.6) is 0 Å². The minimum absolute atomic E-state index is 0.700. The number of nitrogens with zero attached hydrogens (tertiary/aromatic N) is 1. The molecule has 1 saturated heterocycles. The number of nitrogens with one attached hydrogen (secondary N) is 1. The molecule has 1 atom stereocenters. The molecule has 0 aromatic heterocycles. The fraction of sp³-hybridized carbons (Fsp3) is 0.667. The number of ether oxygens (including phenoxy) is 1. The number of methoxy groups -OCH3 is 1. The number of hydrogen-bond acceptors (Lipinski definition) is 3. The molecule has 0 aliphatic carbocycles. The van der Waals surface area contributed by atoms with E-state index in [9.17, 15) is 0 Å². The average molecular weight is 290 g/mol. The molecule has 0 bridgehead atoms. The van der Waals surface area contributed by atoms with Gasteiger partial charge in [0, 0.05) is 26.7 Å². The summed E-state index contributed by atoms with van der Waals surface area (Å²) in [6, 6.07) is 8.83. The van der Waals surface area contributed by atoms with Crippen molar-refractivity contribution in [3.8, 4) is 0 Å². The topological polar surface area (TPSA) is 24.5 Å². The molecule has 3 heteroatoms. The minimum Gasteiger partial charge on any atom is -0.384 e. The van der Waals surface area contributed by atoms with Crippen molar-refractivity contribution in [3.63, 3.8) is 0 Å². The van der Waals surface area contributed by atoms with E-state index in [1.54, 1.807) is 7.11 Å². The summed E-state index contributed by atoms with van der Waals surface area (Å²) in [5.74, 6) is 1.41. The molecule has 1 heterocycles. The molecule has 0 radical (unpaired) electrons. The van der Waals surface area contributed by atoms with E-state index >= 15 is 0 Å². The van der Waals surface area contributed by atoms with Crippen molar-refractivity contribution >= 4 is 0 Å². The second-order valence-corrected chi connectivity index (χ2v) is 6.64. The monoisotopic (exact) mass is 290 g/mol. The van der Waals surface area contributed by atoms with E-state index in [1.165, 1.54) is 30.6 Å². The highest BCUT2D eigenvalue weighted by Crippen LogP contribution is 2.20. The smallest absolute Gasteiger partial charge is 0.0503 e. The maximum absolute atomic E-state index is 5.29. The van der Waals surface area contributed by atoms with Crippen LogP contribution in [0, 0.1) is 11.8 Å². The summed E-state index contributed by atoms with van der Waals surface area (Å²) in [6.07, 6.45) is 1.27. The Morgan fingerprint density at radius 1 is 1.29 bits per heavy atom. The van der Waals surface area contributed by atoms with E-state index in [2.05, 4.69) is 48.3 Å². The maximum Gasteiger partial charge on any atom is 0.0503 e. The zero-order valence-corrected chi connectivity index (χ0v) is 13.8. The van der Waals surface area contributed by atoms with Gasteiger partial charge in [-0.1, -0.05) is 38.1 Å². The van der Waals surface area contributed by atoms with Gasteiger partial charge in [0.05, 0.1) is 6.61 Å². The molecule has 3 nitrogen and oxygen atoms in total. The number of hydrogen-bond donors (Lipinski definition) is 1. The van der Waals surface area contributed by atoms with Crippen LogP contribution in [0.4, 0.5) is 0 Å². The van der Waals surface area contributed by atoms with Crippen molar-refractivity contribution in [2.24, 2.45) is 11.8 Å². The summed E-state index contributed by atoms with van der Waals surface area (Å²) in [6.45, 7) is 10.9. The third-order valence-corrected chi connectivity index (χ3v) is 4.15. The van der Waals surface area contributed by atoms with Gasteiger partial charge in [-0.3, -0.25) is 4.90 Å². The van der Waals surface area contributed by atoms with Gasteiger partial charge in [-0.25, -0.2) is 0 Å². The zero-order chi connectivity index (χ0) is 15.1. The molecule has 2 rings (SSSR count). The minimum atomic E-state index is 0.700. The van der Waals surface area contributed by atoms with Crippen LogP contribution in [0.15, 0.2) is 24.3 Å². The average Bonchev–Trinajstić information content (AvgIpc) is 2.88. The Bertz CT molecular complexity index is 419. The predicted molar refractivity (Wildman–Crippen MR) is 88.2 cm³/mol. The summed E-state index contributed by atoms with van der Waals surface area (Å²) < 4.78 is 5.29. The first-order valence-electron chi connectivity index (χ1n) is 8.17. The Balaban J connectivity index is 1.88. The number of rotatable bonds is 8. The molecule has 0 spiro atoms. The summed E-state index contributed by atoms with van der Waals surface area (Å²) in [5, 5.41) is 3.56. The van der Waals surface area contributed by atoms with Gasteiger partial charge in [-0.2, -0.15) is 0 Å². The van der Waals surface area contributed by atoms with Gasteiger partial charge >= 0.3 is 0 Å². The van der Waals surface area contributed by atoms with Crippen molar-refractivity contribution in [2.75, 3.05) is 33.4 Å². The normalized spacial score (nSPS) is 19.5. The first-order chi connectivity index (χ1) is 10.2. The highest BCUT2D eigenvalue weighted by molar-refractivity contribution is 5.27. The van der Waals surface area contributed by atoms with Crippen molar-refractivity contribution in [2.45, 2.75) is 33.4 Å². The maximum atomic E-state index is 5.29. The first-order valence-corrected chi connectivity index (χ1v) is 8.17. The lowest BCUT2D eigenvalue weighted by molar-refractivity contribution is 0.152. The molecular weight excluding hydrogens is 260 g/mol. The summed E-state index contributed by atoms with van der Waals surface area (Å²) in [5.41, 5.74) is 2.90. The van der Waals surface area contributed by atoms with E-state index in [-0.39, 0.29) is 0 Å². The third kappa shape index (κ3) is 5.42. The van der Waals surface area contributed by atoms with Gasteiger partial charge in [0.15, 0.2) is 0 Å². The molecule has 21 heavy (non-hydrogen) atoms. The number of benzene rings is 1. The Morgan fingerprint density at radius 2 is 2.05 bits per heavy atom. The SMILES string of the molecule is COCC1CCN(Cc2ccccc2CNCC(C)C)C1. The van der Waals surface area contributed by atoms with Gasteiger partial charge in [0.25, 0.3) is 0 Å². The van der Waals surface area contributed by atoms with Crippen LogP contribution < -0.4 is 5.32 Å². The molecule has 0 amide bonds. The molecule has 1 aromatic rings. The van der Waals surface area contributed by atoms with Crippen LogP contribution >= 0.6 is 0 Å². The predicted octanol–water partition coefficient (Wildman–Crippen LogP) is 2.90. The van der Waals surface area contributed by atoms with Gasteiger partial charge in [0.2, 0.25) is 0 Å². The molecule has 1 N–H and O–H groups in total. The van der Waals surface area contributed by atoms with E-state index < -0.39 is 0 Å². The molecule has 1 unspecified atom stereocenters. The lowest BCUT2D eigenvalue weighted by Crippen LogP contribution is -2.24. The largest absolute Gasteiger partial charge is 0.384 e. The fourth-order valence-electron chi connectivity index (χ4n) is 3.05. The van der Waals surface area contributed by atoms with Crippen molar-refractivity contribution < 1.29 is 4.74 Å². The highest BCUT2D eigenvalue weighted by atomic mass is 16.5. The standard InChI is InChI=1S/C18H30N2O/c1-15(2)10-19-11-17-6-4-5-7-18(17)13-20-9-8-16(12-20)14-21-3/h4-7,15-16,19H,8-14H2,1-3H3. The Kier molecular flexibility index (Phi) is 6.68. The third-order valence-electron chi connectivity index (χ3n) is 4.15. The molecule has 0 saturated carbocycles. The van der Waals surface area contributed by atoms with Gasteiger partial charge in [-0.15, -0.1) is 0 Å². The lowest BCUT2D eigenvalue weighted by atomic mass is 10.1. The Hall–Kier alpha value is -0.900. The quantitative estimate of drug-likeness (QED) is 0.797. The molecule has 1 fully saturated rings. The van der Waals surface area contributed by atoms with Gasteiger partial charge in [-0.05, 0) is 42.5 Å². The van der Waals surface area contributed by atoms with Crippen LogP contribution in [-0.2, 0) is 17.8 Å². The molecule has 1 aliphatic rings. The Morgan fingerprint density at radius 3 is 2.76 bits per heavy atom. The van der Waals surface area contributed by atoms with Crippen molar-refractivity contribution in [1.29, 1.82) is 0 Å². The molecule has 1 aliphatic heterocycles. The van der Waals surface area contributed by atoms with Crippen LogP contribution in [0.1, 0.15) is 31.4 Å². The zero-order valence-electron chi connectivity index (χ0n) is 13.8. The second kappa shape index (κ2) is 8.52. The summed E-state index contributed by atoms with van der Waals surface area (Å²) in [7, 11) is 1.80. The Labute approximate surface area is 129 Å². The number of likely N-dealkylation sites (tertiary alicyclic amines) is 1. The van der Waals surface area contributed by atoms with Crippen LogP contribution in [0.2, 0.25) is 0 Å². The van der Waals surface area contributed by atoms with Crippen molar-refractivity contribution in [1.82, 2.24) is 10.2 Å². The fourth-order valence-corrected chi connectivity index (χ4v) is 3.05. The second-order valence-electron chi connectivity index (χ2n) is 6.64. The van der Waals surface area contributed by atoms with Gasteiger partial charge < -0.3 is 10.1 Å². The van der Waals surface area contributed by atoms with Crippen LogP contribution in [0.25, 0.3) is 0 Å². The molecular formula is C18H30N2O. The van der Waals surface area contributed by atoms with Crippen LogP contribution in [-0.4, -0.2) is 38.3 Å². The first kappa shape index (κ1) is 16.5. The molecule has 118 valence electrons. The van der Waals surface area contributed by atoms with E-state index in [0.29, 0.717) is 11.8 Å². The van der Waals surface area contributed by atoms with Crippen LogP contribution in [0.3, 0.4) is 0 Å². The summed E-state index contributed by atoms with van der Waals surface area (Å²) in [4.78, 5) is 2.56. The van der Waals surface area contributed by atoms with Gasteiger partial charge in [0.1, 0.15) is 0 Å². The highest BCUT2D eigenvalue weighted by Gasteiger charge is 2.22. The lowest BCUT2D eigenvalue weighted by Gasteiger charge is -2.19. The summed E-state index contributed by atoms with van der Waals surface area (Å²) >= 11 is 0.